The van der Waals surface area contributed by atoms with Gasteiger partial charge in [0.25, 0.3) is 0 Å². The van der Waals surface area contributed by atoms with Crippen molar-refractivity contribution in [3.8, 4) is 5.75 Å². The van der Waals surface area contributed by atoms with Crippen molar-refractivity contribution in [3.63, 3.8) is 0 Å². The Morgan fingerprint density at radius 3 is 2.59 bits per heavy atom. The summed E-state index contributed by atoms with van der Waals surface area (Å²) in [6, 6.07) is 6.50. The van der Waals surface area contributed by atoms with Gasteiger partial charge in [-0.2, -0.15) is 0 Å². The van der Waals surface area contributed by atoms with Gasteiger partial charge < -0.3 is 4.74 Å². The highest BCUT2D eigenvalue weighted by atomic mass is 16.5. The Morgan fingerprint density at radius 2 is 2.06 bits per heavy atom. The standard InChI is InChI=1S/C16H24O/c1-5-9-13(6-2)16-11-10-15(17-8-4)12-14(16)7-3/h5,10-13H,1,6-9H2,2-4H3. The largest absolute Gasteiger partial charge is 0.494 e. The highest BCUT2D eigenvalue weighted by Gasteiger charge is 2.12. The predicted molar refractivity (Wildman–Crippen MR) is 74.8 cm³/mol. The molecule has 1 aromatic carbocycles. The smallest absolute Gasteiger partial charge is 0.119 e. The molecular formula is C16H24O. The first kappa shape index (κ1) is 13.8. The van der Waals surface area contributed by atoms with Gasteiger partial charge in [0.05, 0.1) is 6.61 Å². The average molecular weight is 232 g/mol. The van der Waals surface area contributed by atoms with Crippen molar-refractivity contribution in [2.75, 3.05) is 6.61 Å². The maximum Gasteiger partial charge on any atom is 0.119 e. The van der Waals surface area contributed by atoms with Gasteiger partial charge in [-0.15, -0.1) is 6.58 Å². The van der Waals surface area contributed by atoms with Gasteiger partial charge in [-0.05, 0) is 55.4 Å². The summed E-state index contributed by atoms with van der Waals surface area (Å²) >= 11 is 0. The fourth-order valence-electron chi connectivity index (χ4n) is 2.26. The van der Waals surface area contributed by atoms with Gasteiger partial charge in [0.15, 0.2) is 0 Å². The minimum absolute atomic E-state index is 0.595. The summed E-state index contributed by atoms with van der Waals surface area (Å²) in [7, 11) is 0. The molecular weight excluding hydrogens is 208 g/mol. The van der Waals surface area contributed by atoms with Crippen molar-refractivity contribution in [2.45, 2.75) is 46.0 Å². The molecule has 17 heavy (non-hydrogen) atoms. The lowest BCUT2D eigenvalue weighted by molar-refractivity contribution is 0.339. The lowest BCUT2D eigenvalue weighted by Gasteiger charge is -2.18. The number of hydrogen-bond acceptors (Lipinski definition) is 1. The Labute approximate surface area is 106 Å². The number of rotatable bonds is 7. The van der Waals surface area contributed by atoms with Crippen LogP contribution in [-0.2, 0) is 6.42 Å². The van der Waals surface area contributed by atoms with Gasteiger partial charge >= 0.3 is 0 Å². The average Bonchev–Trinajstić information content (AvgIpc) is 2.36. The van der Waals surface area contributed by atoms with Crippen molar-refractivity contribution in [1.82, 2.24) is 0 Å². The van der Waals surface area contributed by atoms with E-state index in [2.05, 4.69) is 38.6 Å². The zero-order valence-corrected chi connectivity index (χ0v) is 11.3. The molecule has 1 unspecified atom stereocenters. The molecule has 0 amide bonds. The van der Waals surface area contributed by atoms with Gasteiger partial charge in [0.2, 0.25) is 0 Å². The number of benzene rings is 1. The monoisotopic (exact) mass is 232 g/mol. The molecule has 0 aromatic heterocycles. The summed E-state index contributed by atoms with van der Waals surface area (Å²) in [5.41, 5.74) is 2.86. The number of allylic oxidation sites excluding steroid dienone is 1. The van der Waals surface area contributed by atoms with Crippen LogP contribution in [0.5, 0.6) is 5.75 Å². The zero-order chi connectivity index (χ0) is 12.7. The normalized spacial score (nSPS) is 12.2. The Kier molecular flexibility index (Phi) is 5.82. The van der Waals surface area contributed by atoms with Crippen molar-refractivity contribution in [1.29, 1.82) is 0 Å². The molecule has 0 saturated heterocycles. The fourth-order valence-corrected chi connectivity index (χ4v) is 2.26. The lowest BCUT2D eigenvalue weighted by Crippen LogP contribution is -2.02. The van der Waals surface area contributed by atoms with E-state index < -0.39 is 0 Å². The second-order valence-electron chi connectivity index (χ2n) is 4.28. The van der Waals surface area contributed by atoms with E-state index in [1.165, 1.54) is 11.1 Å². The molecule has 0 radical (unpaired) electrons. The molecule has 0 spiro atoms. The molecule has 1 heteroatoms. The van der Waals surface area contributed by atoms with Crippen LogP contribution in [0.3, 0.4) is 0 Å². The van der Waals surface area contributed by atoms with Crippen LogP contribution in [0.1, 0.15) is 50.7 Å². The third-order valence-electron chi connectivity index (χ3n) is 3.19. The Hall–Kier alpha value is -1.24. The molecule has 94 valence electrons. The maximum absolute atomic E-state index is 5.56. The van der Waals surface area contributed by atoms with Crippen LogP contribution >= 0.6 is 0 Å². The van der Waals surface area contributed by atoms with E-state index in [-0.39, 0.29) is 0 Å². The summed E-state index contributed by atoms with van der Waals surface area (Å²) < 4.78 is 5.56. The van der Waals surface area contributed by atoms with E-state index >= 15 is 0 Å². The summed E-state index contributed by atoms with van der Waals surface area (Å²) in [6.07, 6.45) is 5.29. The molecule has 0 N–H and O–H groups in total. The van der Waals surface area contributed by atoms with Crippen LogP contribution in [0.2, 0.25) is 0 Å². The van der Waals surface area contributed by atoms with E-state index in [1.807, 2.05) is 13.0 Å². The molecule has 0 heterocycles. The van der Waals surface area contributed by atoms with Gasteiger partial charge in [-0.25, -0.2) is 0 Å². The quantitative estimate of drug-likeness (QED) is 0.618. The van der Waals surface area contributed by atoms with Gasteiger partial charge in [0.1, 0.15) is 5.75 Å². The van der Waals surface area contributed by atoms with Gasteiger partial charge in [0, 0.05) is 0 Å². The van der Waals surface area contributed by atoms with Crippen LogP contribution in [0.4, 0.5) is 0 Å². The Bertz CT molecular complexity index is 355. The zero-order valence-electron chi connectivity index (χ0n) is 11.3. The van der Waals surface area contributed by atoms with E-state index in [1.54, 1.807) is 0 Å². The molecule has 0 saturated carbocycles. The summed E-state index contributed by atoms with van der Waals surface area (Å²) in [6.45, 7) is 11.0. The van der Waals surface area contributed by atoms with Crippen LogP contribution in [-0.4, -0.2) is 6.61 Å². The first-order valence-electron chi connectivity index (χ1n) is 6.63. The predicted octanol–water partition coefficient (Wildman–Crippen LogP) is 4.72. The molecule has 1 atom stereocenters. The first-order chi connectivity index (χ1) is 8.26. The van der Waals surface area contributed by atoms with Crippen molar-refractivity contribution >= 4 is 0 Å². The summed E-state index contributed by atoms with van der Waals surface area (Å²) in [5, 5.41) is 0. The minimum atomic E-state index is 0.595. The fraction of sp³-hybridized carbons (Fsp3) is 0.500. The highest BCUT2D eigenvalue weighted by molar-refractivity contribution is 5.38. The highest BCUT2D eigenvalue weighted by Crippen LogP contribution is 2.29. The van der Waals surface area contributed by atoms with E-state index in [4.69, 9.17) is 4.74 Å². The SMILES string of the molecule is C=CCC(CC)c1ccc(OCC)cc1CC. The molecule has 0 aliphatic carbocycles. The van der Waals surface area contributed by atoms with Crippen molar-refractivity contribution in [3.05, 3.63) is 42.0 Å². The van der Waals surface area contributed by atoms with Crippen LogP contribution in [0.25, 0.3) is 0 Å². The number of aryl methyl sites for hydroxylation is 1. The van der Waals surface area contributed by atoms with Crippen LogP contribution < -0.4 is 4.74 Å². The Balaban J connectivity index is 3.01. The molecule has 1 aromatic rings. The molecule has 0 bridgehead atoms. The number of hydrogen-bond donors (Lipinski definition) is 0. The van der Waals surface area contributed by atoms with Gasteiger partial charge in [-0.3, -0.25) is 0 Å². The molecule has 1 rings (SSSR count). The minimum Gasteiger partial charge on any atom is -0.494 e. The molecule has 1 nitrogen and oxygen atoms in total. The summed E-state index contributed by atoms with van der Waals surface area (Å²) in [5.74, 6) is 1.58. The molecule has 0 aliphatic heterocycles. The first-order valence-corrected chi connectivity index (χ1v) is 6.63. The Morgan fingerprint density at radius 1 is 1.29 bits per heavy atom. The second-order valence-corrected chi connectivity index (χ2v) is 4.28. The van der Waals surface area contributed by atoms with E-state index in [9.17, 15) is 0 Å². The van der Waals surface area contributed by atoms with Gasteiger partial charge in [-0.1, -0.05) is 26.0 Å². The van der Waals surface area contributed by atoms with Crippen LogP contribution in [0, 0.1) is 0 Å². The maximum atomic E-state index is 5.56. The molecule has 0 fully saturated rings. The molecule has 0 aliphatic rings. The lowest BCUT2D eigenvalue weighted by atomic mass is 9.88. The van der Waals surface area contributed by atoms with Crippen molar-refractivity contribution in [2.24, 2.45) is 0 Å². The topological polar surface area (TPSA) is 9.23 Å². The number of ether oxygens (including phenoxy) is 1. The second kappa shape index (κ2) is 7.16. The third kappa shape index (κ3) is 3.62. The van der Waals surface area contributed by atoms with Crippen molar-refractivity contribution < 1.29 is 4.74 Å². The third-order valence-corrected chi connectivity index (χ3v) is 3.19. The van der Waals surface area contributed by atoms with Crippen LogP contribution in [0.15, 0.2) is 30.9 Å². The van der Waals surface area contributed by atoms with E-state index in [0.29, 0.717) is 5.92 Å². The van der Waals surface area contributed by atoms with E-state index in [0.717, 1.165) is 31.6 Å². The summed E-state index contributed by atoms with van der Waals surface area (Å²) in [4.78, 5) is 0.